The normalized spacial score (nSPS) is 15.3. The van der Waals surface area contributed by atoms with Crippen molar-refractivity contribution in [2.24, 2.45) is 5.73 Å². The van der Waals surface area contributed by atoms with Crippen LogP contribution >= 0.6 is 0 Å². The summed E-state index contributed by atoms with van der Waals surface area (Å²) in [5.74, 6) is 2.87. The lowest BCUT2D eigenvalue weighted by molar-refractivity contribution is -0.141. The molecular weight excluding hydrogens is 729 g/mol. The van der Waals surface area contributed by atoms with Gasteiger partial charge in [0.2, 0.25) is 0 Å². The molecule has 0 atom stereocenters. The molecule has 0 bridgehead atoms. The SMILES string of the molecule is CCC(O)(CC)C(=O)NC1CCN(c2nc(-c3ccccc3O)nc3cc(C)ccc23)CC1.Cc1ccc2c(N3CCC(N)CC3)nc(-c3ccccc3O)nc2c1. The molecule has 12 heteroatoms. The number of aliphatic hydroxyl groups is 1. The van der Waals surface area contributed by atoms with Gasteiger partial charge in [0.25, 0.3) is 5.91 Å². The smallest absolute Gasteiger partial charge is 0.252 e. The number of nitrogens with two attached hydrogens (primary N) is 1. The Hall–Kier alpha value is -5.85. The average molecular weight is 783 g/mol. The Morgan fingerprint density at radius 1 is 0.690 bits per heavy atom. The number of benzene rings is 4. The molecule has 0 saturated carbocycles. The average Bonchev–Trinajstić information content (AvgIpc) is 3.23. The molecule has 6 N–H and O–H groups in total. The van der Waals surface area contributed by atoms with Gasteiger partial charge in [0, 0.05) is 49.0 Å². The number of fused-ring (bicyclic) bond motifs is 2. The topological polar surface area (TPSA) is 174 Å². The maximum atomic E-state index is 12.6. The van der Waals surface area contributed by atoms with Gasteiger partial charge in [0.05, 0.1) is 22.2 Å². The highest BCUT2D eigenvalue weighted by atomic mass is 16.3. The van der Waals surface area contributed by atoms with E-state index in [1.54, 1.807) is 24.3 Å². The first kappa shape index (κ1) is 40.4. The second kappa shape index (κ2) is 17.3. The number of hydrogen-bond acceptors (Lipinski definition) is 11. The summed E-state index contributed by atoms with van der Waals surface area (Å²) in [7, 11) is 0. The van der Waals surface area contributed by atoms with Crippen LogP contribution in [0.3, 0.4) is 0 Å². The van der Waals surface area contributed by atoms with Crippen LogP contribution in [-0.2, 0) is 4.79 Å². The first-order valence-corrected chi connectivity index (χ1v) is 20.4. The zero-order valence-electron chi connectivity index (χ0n) is 33.8. The molecule has 2 aliphatic heterocycles. The zero-order chi connectivity index (χ0) is 41.0. The van der Waals surface area contributed by atoms with E-state index in [2.05, 4.69) is 46.3 Å². The van der Waals surface area contributed by atoms with Crippen molar-refractivity contribution in [3.8, 4) is 34.3 Å². The number of aromatic hydroxyl groups is 2. The maximum absolute atomic E-state index is 12.6. The number of piperidine rings is 2. The minimum atomic E-state index is -1.30. The van der Waals surface area contributed by atoms with E-state index in [-0.39, 0.29) is 29.5 Å². The zero-order valence-corrected chi connectivity index (χ0v) is 33.8. The molecule has 0 aliphatic carbocycles. The number of nitrogens with zero attached hydrogens (tertiary/aromatic N) is 6. The van der Waals surface area contributed by atoms with E-state index in [0.717, 1.165) is 96.4 Å². The molecule has 6 aromatic rings. The summed E-state index contributed by atoms with van der Waals surface area (Å²) in [6.07, 6.45) is 4.24. The van der Waals surface area contributed by atoms with Crippen LogP contribution in [0.5, 0.6) is 11.5 Å². The van der Waals surface area contributed by atoms with Gasteiger partial charge in [0.15, 0.2) is 11.6 Å². The van der Waals surface area contributed by atoms with Crippen LogP contribution in [0.15, 0.2) is 84.9 Å². The van der Waals surface area contributed by atoms with Crippen molar-refractivity contribution in [3.05, 3.63) is 96.1 Å². The van der Waals surface area contributed by atoms with Gasteiger partial charge >= 0.3 is 0 Å². The van der Waals surface area contributed by atoms with Crippen LogP contribution in [0.4, 0.5) is 11.6 Å². The molecule has 2 aromatic heterocycles. The highest BCUT2D eigenvalue weighted by Crippen LogP contribution is 2.35. The summed E-state index contributed by atoms with van der Waals surface area (Å²) >= 11 is 0. The number of hydrogen-bond donors (Lipinski definition) is 5. The fourth-order valence-corrected chi connectivity index (χ4v) is 7.73. The molecule has 302 valence electrons. The molecule has 0 unspecified atom stereocenters. The first-order valence-electron chi connectivity index (χ1n) is 20.4. The largest absolute Gasteiger partial charge is 0.507 e. The molecule has 0 radical (unpaired) electrons. The predicted octanol–water partition coefficient (Wildman–Crippen LogP) is 7.19. The number of para-hydroxylation sites is 2. The van der Waals surface area contributed by atoms with Crippen molar-refractivity contribution in [2.45, 2.75) is 83.9 Å². The first-order chi connectivity index (χ1) is 28.0. The number of aromatic nitrogens is 4. The van der Waals surface area contributed by atoms with Crippen LogP contribution < -0.4 is 20.9 Å². The lowest BCUT2D eigenvalue weighted by Crippen LogP contribution is -2.52. The fraction of sp³-hybridized carbons (Fsp3) is 0.370. The van der Waals surface area contributed by atoms with Gasteiger partial charge in [-0.3, -0.25) is 4.79 Å². The van der Waals surface area contributed by atoms with Gasteiger partial charge in [-0.1, -0.05) is 50.2 Å². The number of rotatable bonds is 8. The number of aryl methyl sites for hydroxylation is 2. The van der Waals surface area contributed by atoms with Crippen molar-refractivity contribution < 1.29 is 20.1 Å². The van der Waals surface area contributed by atoms with Crippen molar-refractivity contribution in [3.63, 3.8) is 0 Å². The lowest BCUT2D eigenvalue weighted by Gasteiger charge is -2.35. The van der Waals surface area contributed by atoms with Crippen molar-refractivity contribution >= 4 is 39.3 Å². The lowest BCUT2D eigenvalue weighted by atomic mass is 9.95. The summed E-state index contributed by atoms with van der Waals surface area (Å²) in [6.45, 7) is 11.0. The summed E-state index contributed by atoms with van der Waals surface area (Å²) in [6, 6.07) is 27.0. The second-order valence-corrected chi connectivity index (χ2v) is 15.6. The Balaban J connectivity index is 0.000000183. The molecule has 4 heterocycles. The summed E-state index contributed by atoms with van der Waals surface area (Å²) in [5, 5.41) is 36.1. The summed E-state index contributed by atoms with van der Waals surface area (Å²) < 4.78 is 0. The number of phenols is 2. The van der Waals surface area contributed by atoms with Gasteiger partial charge in [-0.25, -0.2) is 19.9 Å². The van der Waals surface area contributed by atoms with Gasteiger partial charge in [-0.05, 0) is 112 Å². The predicted molar refractivity (Wildman–Crippen MR) is 231 cm³/mol. The van der Waals surface area contributed by atoms with E-state index < -0.39 is 5.60 Å². The molecule has 8 rings (SSSR count). The number of nitrogens with one attached hydrogen (secondary N) is 1. The van der Waals surface area contributed by atoms with Crippen LogP contribution in [0.2, 0.25) is 0 Å². The summed E-state index contributed by atoms with van der Waals surface area (Å²) in [5.41, 5.74) is 10.0. The molecule has 2 fully saturated rings. The highest BCUT2D eigenvalue weighted by Gasteiger charge is 2.34. The van der Waals surface area contributed by atoms with E-state index in [0.29, 0.717) is 35.6 Å². The highest BCUT2D eigenvalue weighted by molar-refractivity contribution is 5.93. The Bertz CT molecular complexity index is 2400. The Kier molecular flexibility index (Phi) is 12.1. The van der Waals surface area contributed by atoms with E-state index in [1.165, 1.54) is 0 Å². The fourth-order valence-electron chi connectivity index (χ4n) is 7.73. The quantitative estimate of drug-likeness (QED) is 0.106. The molecule has 1 amide bonds. The van der Waals surface area contributed by atoms with Crippen molar-refractivity contribution in [2.75, 3.05) is 36.0 Å². The van der Waals surface area contributed by atoms with Gasteiger partial charge in [-0.15, -0.1) is 0 Å². The Labute approximate surface area is 339 Å². The third kappa shape index (κ3) is 8.68. The second-order valence-electron chi connectivity index (χ2n) is 15.6. The van der Waals surface area contributed by atoms with Gasteiger partial charge in [0.1, 0.15) is 28.7 Å². The molecule has 2 aliphatic rings. The minimum Gasteiger partial charge on any atom is -0.507 e. The van der Waals surface area contributed by atoms with Crippen LogP contribution in [0.25, 0.3) is 44.6 Å². The summed E-state index contributed by atoms with van der Waals surface area (Å²) in [4.78, 5) is 36.2. The van der Waals surface area contributed by atoms with Crippen molar-refractivity contribution in [1.82, 2.24) is 25.3 Å². The monoisotopic (exact) mass is 782 g/mol. The third-order valence-corrected chi connectivity index (χ3v) is 11.5. The van der Waals surface area contributed by atoms with Gasteiger partial charge < -0.3 is 36.2 Å². The van der Waals surface area contributed by atoms with E-state index in [4.69, 9.17) is 25.7 Å². The Morgan fingerprint density at radius 3 is 1.55 bits per heavy atom. The van der Waals surface area contributed by atoms with Crippen LogP contribution in [0.1, 0.15) is 63.5 Å². The maximum Gasteiger partial charge on any atom is 0.252 e. The number of anilines is 2. The van der Waals surface area contributed by atoms with Crippen molar-refractivity contribution in [1.29, 1.82) is 0 Å². The molecular formula is C46H54N8O4. The Morgan fingerprint density at radius 2 is 1.12 bits per heavy atom. The number of amides is 1. The van der Waals surface area contributed by atoms with Crippen LogP contribution in [-0.4, -0.2) is 85.0 Å². The third-order valence-electron chi connectivity index (χ3n) is 11.5. The van der Waals surface area contributed by atoms with Gasteiger partial charge in [-0.2, -0.15) is 0 Å². The minimum absolute atomic E-state index is 0.0198. The van der Waals surface area contributed by atoms with E-state index in [9.17, 15) is 20.1 Å². The number of carbonyl (C=O) groups excluding carboxylic acids is 1. The molecule has 2 saturated heterocycles. The van der Waals surface area contributed by atoms with E-state index >= 15 is 0 Å². The standard InChI is InChI=1S/C26H32N4O3.C20H22N4O/c1-4-26(33,5-2)25(32)27-18-12-14-30(15-13-18)24-19-11-10-17(3)16-21(19)28-23(29-24)20-8-6-7-9-22(20)31;1-13-6-7-15-17(12-13)22-19(16-4-2-3-5-18(16)25)23-20(15)24-10-8-14(21)9-11-24/h6-11,16,18,31,33H,4-5,12-15H2,1-3H3,(H,27,32);2-7,12,14,25H,8-11,21H2,1H3. The number of carbonyl (C=O) groups is 1. The molecule has 58 heavy (non-hydrogen) atoms. The number of phenolic OH excluding ortho intramolecular Hbond substituents is 2. The molecule has 0 spiro atoms. The van der Waals surface area contributed by atoms with Crippen LogP contribution in [0, 0.1) is 13.8 Å². The molecule has 4 aromatic carbocycles. The van der Waals surface area contributed by atoms with E-state index in [1.807, 2.05) is 57.2 Å². The molecule has 12 nitrogen and oxygen atoms in total.